The predicted molar refractivity (Wildman–Crippen MR) is 70.8 cm³/mol. The van der Waals surface area contributed by atoms with E-state index < -0.39 is 17.9 Å². The molecule has 0 bridgehead atoms. The molecule has 0 fully saturated rings. The van der Waals surface area contributed by atoms with E-state index in [0.717, 1.165) is 0 Å². The summed E-state index contributed by atoms with van der Waals surface area (Å²) in [6.45, 7) is 4.28. The molecule has 1 unspecified atom stereocenters. The van der Waals surface area contributed by atoms with Crippen LogP contribution in [0.3, 0.4) is 0 Å². The first-order valence-corrected chi connectivity index (χ1v) is 6.04. The molecule has 0 saturated carbocycles. The van der Waals surface area contributed by atoms with Crippen molar-refractivity contribution < 1.29 is 19.1 Å². The lowest BCUT2D eigenvalue weighted by Gasteiger charge is -2.11. The highest BCUT2D eigenvalue weighted by atomic mass is 16.5. The second-order valence-corrected chi connectivity index (χ2v) is 3.68. The maximum atomic E-state index is 11.7. The Bertz CT molecular complexity index is 431. The molecule has 0 aliphatic carbocycles. The van der Waals surface area contributed by atoms with Gasteiger partial charge in [-0.15, -0.1) is 0 Å². The molecule has 104 valence electrons. The number of nitrogens with two attached hydrogens (primary N) is 1. The minimum Gasteiger partial charge on any atom is -0.494 e. The van der Waals surface area contributed by atoms with Gasteiger partial charge in [-0.2, -0.15) is 0 Å². The van der Waals surface area contributed by atoms with Crippen molar-refractivity contribution in [3.63, 3.8) is 0 Å². The number of anilines is 1. The number of ether oxygens (including phenoxy) is 2. The SMILES string of the molecule is CCOC(=O)C(N)C(=O)Nc1ccc(OCC)cc1. The molecule has 0 radical (unpaired) electrons. The van der Waals surface area contributed by atoms with Crippen LogP contribution in [0.25, 0.3) is 0 Å². The second-order valence-electron chi connectivity index (χ2n) is 3.68. The highest BCUT2D eigenvalue weighted by Crippen LogP contribution is 2.15. The van der Waals surface area contributed by atoms with Crippen molar-refractivity contribution >= 4 is 17.6 Å². The van der Waals surface area contributed by atoms with E-state index in [-0.39, 0.29) is 6.61 Å². The van der Waals surface area contributed by atoms with E-state index in [4.69, 9.17) is 10.5 Å². The van der Waals surface area contributed by atoms with Crippen molar-refractivity contribution in [1.82, 2.24) is 0 Å². The zero-order valence-electron chi connectivity index (χ0n) is 11.0. The predicted octanol–water partition coefficient (Wildman–Crippen LogP) is 0.914. The minimum atomic E-state index is -1.33. The molecule has 1 atom stereocenters. The topological polar surface area (TPSA) is 90.7 Å². The van der Waals surface area contributed by atoms with Gasteiger partial charge in [-0.1, -0.05) is 0 Å². The van der Waals surface area contributed by atoms with Crippen LogP contribution in [0.1, 0.15) is 13.8 Å². The Kier molecular flexibility index (Phi) is 5.81. The van der Waals surface area contributed by atoms with Gasteiger partial charge in [0.15, 0.2) is 6.04 Å². The molecule has 0 spiro atoms. The van der Waals surface area contributed by atoms with Crippen molar-refractivity contribution in [2.24, 2.45) is 5.73 Å². The van der Waals surface area contributed by atoms with Gasteiger partial charge in [0.1, 0.15) is 5.75 Å². The molecule has 3 N–H and O–H groups in total. The molecule has 1 rings (SSSR count). The first kappa shape index (κ1) is 15.0. The molecule has 19 heavy (non-hydrogen) atoms. The van der Waals surface area contributed by atoms with Crippen LogP contribution < -0.4 is 15.8 Å². The van der Waals surface area contributed by atoms with Crippen molar-refractivity contribution in [2.75, 3.05) is 18.5 Å². The number of carbonyl (C=O) groups is 2. The standard InChI is InChI=1S/C13H18N2O4/c1-3-18-10-7-5-9(6-8-10)15-12(16)11(14)13(17)19-4-2/h5-8,11H,3-4,14H2,1-2H3,(H,15,16). The highest BCUT2D eigenvalue weighted by Gasteiger charge is 2.23. The number of rotatable bonds is 6. The fourth-order valence-corrected chi connectivity index (χ4v) is 1.36. The van der Waals surface area contributed by atoms with Crippen LogP contribution in [0.2, 0.25) is 0 Å². The molecule has 0 heterocycles. The van der Waals surface area contributed by atoms with Crippen LogP contribution in [0, 0.1) is 0 Å². The van der Waals surface area contributed by atoms with E-state index in [1.807, 2.05) is 6.92 Å². The molecule has 0 aliphatic heterocycles. The molecular weight excluding hydrogens is 248 g/mol. The van der Waals surface area contributed by atoms with E-state index in [2.05, 4.69) is 10.1 Å². The quantitative estimate of drug-likeness (QED) is 0.590. The summed E-state index contributed by atoms with van der Waals surface area (Å²) in [6.07, 6.45) is 0. The van der Waals surface area contributed by atoms with E-state index >= 15 is 0 Å². The lowest BCUT2D eigenvalue weighted by atomic mass is 10.2. The Balaban J connectivity index is 2.58. The van der Waals surface area contributed by atoms with Gasteiger partial charge < -0.3 is 20.5 Å². The zero-order valence-corrected chi connectivity index (χ0v) is 11.0. The largest absolute Gasteiger partial charge is 0.494 e. The van der Waals surface area contributed by atoms with Gasteiger partial charge in [-0.3, -0.25) is 4.79 Å². The molecule has 0 aromatic heterocycles. The molecule has 0 aliphatic rings. The number of carbonyl (C=O) groups excluding carboxylic acids is 2. The average molecular weight is 266 g/mol. The number of amides is 1. The number of benzene rings is 1. The maximum Gasteiger partial charge on any atom is 0.332 e. The summed E-state index contributed by atoms with van der Waals surface area (Å²) in [5.41, 5.74) is 6.00. The smallest absolute Gasteiger partial charge is 0.332 e. The van der Waals surface area contributed by atoms with Crippen LogP contribution in [0.4, 0.5) is 5.69 Å². The van der Waals surface area contributed by atoms with Gasteiger partial charge >= 0.3 is 5.97 Å². The lowest BCUT2D eigenvalue weighted by molar-refractivity contribution is -0.146. The fraction of sp³-hybridized carbons (Fsp3) is 0.385. The van der Waals surface area contributed by atoms with Gasteiger partial charge in [-0.05, 0) is 38.1 Å². The Labute approximate surface area is 111 Å². The van der Waals surface area contributed by atoms with Gasteiger partial charge in [-0.25, -0.2) is 4.79 Å². The van der Waals surface area contributed by atoms with E-state index in [1.54, 1.807) is 31.2 Å². The Morgan fingerprint density at radius 2 is 1.84 bits per heavy atom. The monoisotopic (exact) mass is 266 g/mol. The minimum absolute atomic E-state index is 0.183. The average Bonchev–Trinajstić information content (AvgIpc) is 2.40. The van der Waals surface area contributed by atoms with Crippen LogP contribution in [-0.2, 0) is 14.3 Å². The van der Waals surface area contributed by atoms with E-state index in [0.29, 0.717) is 18.0 Å². The van der Waals surface area contributed by atoms with Crippen molar-refractivity contribution in [2.45, 2.75) is 19.9 Å². The summed E-state index contributed by atoms with van der Waals surface area (Å²) >= 11 is 0. The second kappa shape index (κ2) is 7.38. The molecule has 6 heteroatoms. The van der Waals surface area contributed by atoms with Crippen LogP contribution >= 0.6 is 0 Å². The summed E-state index contributed by atoms with van der Waals surface area (Å²) in [7, 11) is 0. The molecule has 0 saturated heterocycles. The maximum absolute atomic E-state index is 11.7. The van der Waals surface area contributed by atoms with Gasteiger partial charge in [0.25, 0.3) is 5.91 Å². The van der Waals surface area contributed by atoms with Gasteiger partial charge in [0.2, 0.25) is 0 Å². The van der Waals surface area contributed by atoms with Crippen molar-refractivity contribution in [3.8, 4) is 5.75 Å². The fourth-order valence-electron chi connectivity index (χ4n) is 1.36. The Morgan fingerprint density at radius 1 is 1.21 bits per heavy atom. The van der Waals surface area contributed by atoms with Gasteiger partial charge in [0.05, 0.1) is 13.2 Å². The number of hydrogen-bond donors (Lipinski definition) is 2. The lowest BCUT2D eigenvalue weighted by Crippen LogP contribution is -2.43. The first-order chi connectivity index (χ1) is 9.08. The van der Waals surface area contributed by atoms with Crippen LogP contribution in [0.5, 0.6) is 5.75 Å². The third-order valence-electron chi connectivity index (χ3n) is 2.26. The molecule has 1 aromatic rings. The zero-order chi connectivity index (χ0) is 14.3. The summed E-state index contributed by atoms with van der Waals surface area (Å²) in [6, 6.07) is 5.44. The number of hydrogen-bond acceptors (Lipinski definition) is 5. The first-order valence-electron chi connectivity index (χ1n) is 6.04. The number of esters is 1. The molecular formula is C13H18N2O4. The Morgan fingerprint density at radius 3 is 2.37 bits per heavy atom. The highest BCUT2D eigenvalue weighted by molar-refractivity contribution is 6.08. The normalized spacial score (nSPS) is 11.5. The molecule has 1 amide bonds. The summed E-state index contributed by atoms with van der Waals surface area (Å²) in [5, 5.41) is 2.53. The van der Waals surface area contributed by atoms with Crippen molar-refractivity contribution in [1.29, 1.82) is 0 Å². The Hall–Kier alpha value is -2.08. The van der Waals surface area contributed by atoms with Gasteiger partial charge in [0, 0.05) is 5.69 Å². The van der Waals surface area contributed by atoms with Crippen molar-refractivity contribution in [3.05, 3.63) is 24.3 Å². The molecule has 1 aromatic carbocycles. The third-order valence-corrected chi connectivity index (χ3v) is 2.26. The molecule has 6 nitrogen and oxygen atoms in total. The summed E-state index contributed by atoms with van der Waals surface area (Å²) < 4.78 is 9.94. The summed E-state index contributed by atoms with van der Waals surface area (Å²) in [4.78, 5) is 23.0. The third kappa shape index (κ3) is 4.59. The van der Waals surface area contributed by atoms with E-state index in [9.17, 15) is 9.59 Å². The van der Waals surface area contributed by atoms with E-state index in [1.165, 1.54) is 0 Å². The summed E-state index contributed by atoms with van der Waals surface area (Å²) in [5.74, 6) is -0.649. The van der Waals surface area contributed by atoms with Crippen LogP contribution in [0.15, 0.2) is 24.3 Å². The van der Waals surface area contributed by atoms with Crippen LogP contribution in [-0.4, -0.2) is 31.1 Å². The number of nitrogens with one attached hydrogen (secondary N) is 1.